The van der Waals surface area contributed by atoms with Crippen LogP contribution in [-0.4, -0.2) is 138 Å². The van der Waals surface area contributed by atoms with E-state index in [0.29, 0.717) is 17.7 Å². The fraction of sp³-hybridized carbons (Fsp3) is 0.612. The third-order valence-electron chi connectivity index (χ3n) is 13.6. The Morgan fingerprint density at radius 2 is 1.59 bits per heavy atom. The molecule has 17 heteroatoms. The number of fused-ring (bicyclic) bond motifs is 5. The average Bonchev–Trinajstić information content (AvgIpc) is 3.25. The molecule has 11 atom stereocenters. The molecule has 0 spiro atoms. The Kier molecular flexibility index (Phi) is 15.2. The average molecular weight is 924 g/mol. The number of aliphatic hydroxyl groups is 3. The first-order valence-corrected chi connectivity index (χ1v) is 22.5. The van der Waals surface area contributed by atoms with Gasteiger partial charge >= 0.3 is 24.0 Å². The largest absolute Gasteiger partial charge is 0.456 e. The zero-order valence-electron chi connectivity index (χ0n) is 39.2. The molecule has 2 aromatic rings. The highest BCUT2D eigenvalue weighted by molar-refractivity contribution is 5.94. The van der Waals surface area contributed by atoms with Crippen LogP contribution in [0.2, 0.25) is 0 Å². The van der Waals surface area contributed by atoms with E-state index in [1.807, 2.05) is 0 Å². The summed E-state index contributed by atoms with van der Waals surface area (Å²) in [6.07, 6.45) is -10.1. The number of carbonyl (C=O) groups is 5. The van der Waals surface area contributed by atoms with Crippen LogP contribution in [0.1, 0.15) is 97.1 Å². The van der Waals surface area contributed by atoms with Crippen LogP contribution in [-0.2, 0) is 52.3 Å². The molecule has 362 valence electrons. The number of aliphatic hydroxyl groups excluding tert-OH is 2. The predicted molar refractivity (Wildman–Crippen MR) is 235 cm³/mol. The van der Waals surface area contributed by atoms with Crippen molar-refractivity contribution in [1.82, 2.24) is 5.32 Å². The minimum absolute atomic E-state index is 0.00886. The van der Waals surface area contributed by atoms with Gasteiger partial charge in [-0.1, -0.05) is 62.4 Å². The van der Waals surface area contributed by atoms with E-state index in [1.54, 1.807) is 104 Å². The van der Waals surface area contributed by atoms with Gasteiger partial charge in [-0.15, -0.1) is 0 Å². The van der Waals surface area contributed by atoms with E-state index < -0.39 is 119 Å². The number of esters is 3. The van der Waals surface area contributed by atoms with E-state index in [2.05, 4.69) is 5.32 Å². The van der Waals surface area contributed by atoms with Crippen molar-refractivity contribution in [3.05, 3.63) is 82.9 Å². The van der Waals surface area contributed by atoms with Crippen LogP contribution in [0.3, 0.4) is 0 Å². The summed E-state index contributed by atoms with van der Waals surface area (Å²) in [5.41, 5.74) is -7.33. The number of ketones is 1. The maximum atomic E-state index is 16.1. The van der Waals surface area contributed by atoms with Crippen molar-refractivity contribution in [2.75, 3.05) is 39.6 Å². The van der Waals surface area contributed by atoms with E-state index in [4.69, 9.17) is 37.9 Å². The molecule has 2 aromatic carbocycles. The van der Waals surface area contributed by atoms with E-state index in [0.717, 1.165) is 0 Å². The molecule has 3 fully saturated rings. The first-order chi connectivity index (χ1) is 31.1. The SMILES string of the molecule is CCOCCO[C@H]1C(=O)[C@@]2(C)C([C@H](OC(=O)c3ccccc3)[C@]3(O)C[C@H](OC(=O)[C@H](O)[C@@H](NC(=O)OC(C)(C)C)c4ccccc4)C(C)=C1C3(C)C)[C@]1(OC(C)=O)CO[C@@H]1C[C@@H]2OCCO. The van der Waals surface area contributed by atoms with Gasteiger partial charge in [0, 0.05) is 31.8 Å². The molecule has 0 aromatic heterocycles. The molecule has 17 nitrogen and oxygen atoms in total. The Morgan fingerprint density at radius 1 is 0.939 bits per heavy atom. The monoisotopic (exact) mass is 923 g/mol. The van der Waals surface area contributed by atoms with Crippen molar-refractivity contribution < 1.29 is 77.2 Å². The second-order valence-electron chi connectivity index (χ2n) is 19.2. The van der Waals surface area contributed by atoms with Gasteiger partial charge in [-0.05, 0) is 70.4 Å². The zero-order valence-corrected chi connectivity index (χ0v) is 39.2. The summed E-state index contributed by atoms with van der Waals surface area (Å²) in [5, 5.41) is 38.4. The van der Waals surface area contributed by atoms with Crippen molar-refractivity contribution in [2.24, 2.45) is 16.7 Å². The molecule has 1 amide bonds. The third kappa shape index (κ3) is 9.53. The zero-order chi connectivity index (χ0) is 48.4. The highest BCUT2D eigenvalue weighted by Crippen LogP contribution is 2.65. The predicted octanol–water partition coefficient (Wildman–Crippen LogP) is 4.34. The molecule has 1 unspecified atom stereocenters. The van der Waals surface area contributed by atoms with Crippen molar-refractivity contribution in [1.29, 1.82) is 0 Å². The van der Waals surface area contributed by atoms with Gasteiger partial charge in [-0.25, -0.2) is 14.4 Å². The number of benzene rings is 2. The number of ether oxygens (including phenoxy) is 8. The number of alkyl carbamates (subject to hydrolysis) is 1. The minimum atomic E-state index is -2.31. The van der Waals surface area contributed by atoms with Gasteiger partial charge in [-0.3, -0.25) is 9.59 Å². The summed E-state index contributed by atoms with van der Waals surface area (Å²) in [7, 11) is 0. The maximum Gasteiger partial charge on any atom is 0.408 e. The molecule has 4 aliphatic rings. The molecular weight excluding hydrogens is 859 g/mol. The van der Waals surface area contributed by atoms with Crippen LogP contribution in [0, 0.1) is 16.7 Å². The maximum absolute atomic E-state index is 16.1. The highest BCUT2D eigenvalue weighted by atomic mass is 16.6. The standard InChI is InChI=1S/C49H65NO16/c1-10-59-23-24-61-38-35-28(2)32(63-43(56)37(53)36(30-17-13-11-14-18-30)50-44(57)66-45(4,5)6)26-49(58,46(35,7)8)41(64-42(55)31-19-15-12-16-20-31)39-47(9,40(38)54)33(60-22-21-51)25-34-48(39,27-62-34)65-29(3)52/h11-20,32-34,36-39,41,51,53,58H,10,21-27H2,1-9H3,(H,50,57)/t32-,33-,34+,36-,37+,38+,39?,41-,47+,48-,49+/m0/s1. The molecular formula is C49H65NO16. The number of Topliss-reactive ketones (excluding diaryl/α,β-unsaturated/α-hetero) is 1. The second-order valence-corrected chi connectivity index (χ2v) is 19.2. The van der Waals surface area contributed by atoms with Crippen molar-refractivity contribution in [2.45, 2.75) is 135 Å². The van der Waals surface area contributed by atoms with Crippen LogP contribution in [0.4, 0.5) is 4.79 Å². The summed E-state index contributed by atoms with van der Waals surface area (Å²) >= 11 is 0. The highest BCUT2D eigenvalue weighted by Gasteiger charge is 2.78. The van der Waals surface area contributed by atoms with Gasteiger partial charge in [-0.2, -0.15) is 0 Å². The first kappa shape index (κ1) is 50.7. The van der Waals surface area contributed by atoms with Crippen LogP contribution >= 0.6 is 0 Å². The molecule has 3 aliphatic carbocycles. The molecule has 1 heterocycles. The molecule has 2 saturated carbocycles. The van der Waals surface area contributed by atoms with Crippen molar-refractivity contribution in [3.63, 3.8) is 0 Å². The van der Waals surface area contributed by atoms with Gasteiger partial charge < -0.3 is 58.5 Å². The van der Waals surface area contributed by atoms with E-state index in [1.165, 1.54) is 19.1 Å². The Balaban J connectivity index is 1.56. The molecule has 1 saturated heterocycles. The smallest absolute Gasteiger partial charge is 0.408 e. The topological polar surface area (TPSA) is 232 Å². The van der Waals surface area contributed by atoms with Crippen LogP contribution < -0.4 is 5.32 Å². The molecule has 0 radical (unpaired) electrons. The molecule has 66 heavy (non-hydrogen) atoms. The summed E-state index contributed by atoms with van der Waals surface area (Å²) in [4.78, 5) is 71.3. The van der Waals surface area contributed by atoms with E-state index in [9.17, 15) is 34.5 Å². The van der Waals surface area contributed by atoms with E-state index in [-0.39, 0.29) is 44.0 Å². The fourth-order valence-electron chi connectivity index (χ4n) is 10.5. The minimum Gasteiger partial charge on any atom is -0.456 e. The van der Waals surface area contributed by atoms with E-state index >= 15 is 4.79 Å². The van der Waals surface area contributed by atoms with Gasteiger partial charge in [0.15, 0.2) is 17.5 Å². The van der Waals surface area contributed by atoms with Crippen LogP contribution in [0.25, 0.3) is 0 Å². The summed E-state index contributed by atoms with van der Waals surface area (Å²) in [6, 6.07) is 14.9. The number of amides is 1. The summed E-state index contributed by atoms with van der Waals surface area (Å²) in [5.74, 6) is -4.83. The number of hydrogen-bond acceptors (Lipinski definition) is 16. The number of rotatable bonds is 16. The third-order valence-corrected chi connectivity index (χ3v) is 13.6. The Bertz CT molecular complexity index is 2120. The Labute approximate surface area is 385 Å². The number of hydrogen-bond donors (Lipinski definition) is 4. The lowest BCUT2D eigenvalue weighted by molar-refractivity contribution is -0.349. The Morgan fingerprint density at radius 3 is 2.17 bits per heavy atom. The lowest BCUT2D eigenvalue weighted by atomic mass is 9.44. The van der Waals surface area contributed by atoms with Crippen LogP contribution in [0.15, 0.2) is 71.8 Å². The van der Waals surface area contributed by atoms with Gasteiger partial charge in [0.25, 0.3) is 0 Å². The van der Waals surface area contributed by atoms with Crippen molar-refractivity contribution in [3.8, 4) is 0 Å². The summed E-state index contributed by atoms with van der Waals surface area (Å²) < 4.78 is 49.0. The molecule has 1 aliphatic heterocycles. The molecule has 2 bridgehead atoms. The second kappa shape index (κ2) is 19.8. The van der Waals surface area contributed by atoms with Crippen molar-refractivity contribution >= 4 is 29.8 Å². The summed E-state index contributed by atoms with van der Waals surface area (Å²) in [6.45, 7) is 14.0. The first-order valence-electron chi connectivity index (χ1n) is 22.5. The normalized spacial score (nSPS) is 31.1. The Hall–Kier alpha value is -4.75. The lowest BCUT2D eigenvalue weighted by Gasteiger charge is -2.68. The van der Waals surface area contributed by atoms with Gasteiger partial charge in [0.2, 0.25) is 0 Å². The molecule has 6 rings (SSSR count). The fourth-order valence-corrected chi connectivity index (χ4v) is 10.5. The molecule has 4 N–H and O–H groups in total. The van der Waals surface area contributed by atoms with Crippen LogP contribution in [0.5, 0.6) is 0 Å². The number of carbonyl (C=O) groups excluding carboxylic acids is 5. The number of nitrogens with one attached hydrogen (secondary N) is 1. The quantitative estimate of drug-likeness (QED) is 0.0794. The van der Waals surface area contributed by atoms with Gasteiger partial charge in [0.1, 0.15) is 35.6 Å². The van der Waals surface area contributed by atoms with Gasteiger partial charge in [0.05, 0.1) is 62.1 Å². The lowest BCUT2D eigenvalue weighted by Crippen LogP contribution is -2.82.